The van der Waals surface area contributed by atoms with Gasteiger partial charge in [-0.1, -0.05) is 12.1 Å². The third-order valence-corrected chi connectivity index (χ3v) is 2.71. The van der Waals surface area contributed by atoms with E-state index in [2.05, 4.69) is 0 Å². The first-order valence-electron chi connectivity index (χ1n) is 4.87. The molecule has 0 aromatic heterocycles. The lowest BCUT2D eigenvalue weighted by atomic mass is 10.0. The number of benzene rings is 1. The SMILES string of the molecule is NC(Cc1cccc(F)c1F)C1CC1. The maximum absolute atomic E-state index is 13.2. The smallest absolute Gasteiger partial charge is 0.162 e. The number of hydrogen-bond acceptors (Lipinski definition) is 1. The Kier molecular flexibility index (Phi) is 2.50. The van der Waals surface area contributed by atoms with E-state index in [4.69, 9.17) is 5.73 Å². The van der Waals surface area contributed by atoms with E-state index in [1.165, 1.54) is 6.07 Å². The highest BCUT2D eigenvalue weighted by Crippen LogP contribution is 2.33. The van der Waals surface area contributed by atoms with Crippen molar-refractivity contribution in [3.8, 4) is 0 Å². The zero-order valence-corrected chi connectivity index (χ0v) is 7.84. The van der Waals surface area contributed by atoms with E-state index in [-0.39, 0.29) is 6.04 Å². The van der Waals surface area contributed by atoms with Crippen molar-refractivity contribution in [2.24, 2.45) is 11.7 Å². The van der Waals surface area contributed by atoms with Gasteiger partial charge in [0.15, 0.2) is 11.6 Å². The summed E-state index contributed by atoms with van der Waals surface area (Å²) in [7, 11) is 0. The molecular weight excluding hydrogens is 184 g/mol. The molecule has 2 rings (SSSR count). The van der Waals surface area contributed by atoms with Crippen LogP contribution in [0.15, 0.2) is 18.2 Å². The van der Waals surface area contributed by atoms with Gasteiger partial charge in [-0.25, -0.2) is 8.78 Å². The topological polar surface area (TPSA) is 26.0 Å². The molecule has 14 heavy (non-hydrogen) atoms. The van der Waals surface area contributed by atoms with Gasteiger partial charge in [-0.2, -0.15) is 0 Å². The minimum Gasteiger partial charge on any atom is -0.327 e. The minimum absolute atomic E-state index is 0.0219. The average molecular weight is 197 g/mol. The fraction of sp³-hybridized carbons (Fsp3) is 0.455. The summed E-state index contributed by atoms with van der Waals surface area (Å²) in [6.45, 7) is 0. The van der Waals surface area contributed by atoms with Crippen molar-refractivity contribution in [2.45, 2.75) is 25.3 Å². The molecule has 1 fully saturated rings. The molecule has 1 aromatic carbocycles. The van der Waals surface area contributed by atoms with E-state index in [1.54, 1.807) is 6.07 Å². The standard InChI is InChI=1S/C11H13F2N/c12-9-3-1-2-8(11(9)13)6-10(14)7-4-5-7/h1-3,7,10H,4-6,14H2. The first kappa shape index (κ1) is 9.59. The molecule has 0 bridgehead atoms. The molecule has 2 N–H and O–H groups in total. The Morgan fingerprint density at radius 2 is 2.07 bits per heavy atom. The summed E-state index contributed by atoms with van der Waals surface area (Å²) in [5.74, 6) is -1.02. The maximum Gasteiger partial charge on any atom is 0.162 e. The molecule has 0 saturated heterocycles. The quantitative estimate of drug-likeness (QED) is 0.790. The normalized spacial score (nSPS) is 18.2. The Balaban J connectivity index is 2.11. The number of hydrogen-bond donors (Lipinski definition) is 1. The highest BCUT2D eigenvalue weighted by Gasteiger charge is 2.29. The van der Waals surface area contributed by atoms with Crippen molar-refractivity contribution in [2.75, 3.05) is 0 Å². The van der Waals surface area contributed by atoms with Gasteiger partial charge in [0.1, 0.15) is 0 Å². The summed E-state index contributed by atoms with van der Waals surface area (Å²) in [6.07, 6.45) is 2.68. The van der Waals surface area contributed by atoms with Crippen molar-refractivity contribution in [1.82, 2.24) is 0 Å². The molecule has 1 aliphatic carbocycles. The lowest BCUT2D eigenvalue weighted by Crippen LogP contribution is -2.25. The van der Waals surface area contributed by atoms with E-state index in [0.717, 1.165) is 18.9 Å². The van der Waals surface area contributed by atoms with Crippen LogP contribution in [-0.4, -0.2) is 6.04 Å². The third kappa shape index (κ3) is 1.93. The van der Waals surface area contributed by atoms with Gasteiger partial charge in [0, 0.05) is 6.04 Å². The Labute approximate surface area is 81.9 Å². The number of halogens is 2. The van der Waals surface area contributed by atoms with Gasteiger partial charge in [0.25, 0.3) is 0 Å². The average Bonchev–Trinajstić information content (AvgIpc) is 2.95. The van der Waals surface area contributed by atoms with Crippen LogP contribution in [0, 0.1) is 17.6 Å². The molecule has 0 radical (unpaired) electrons. The van der Waals surface area contributed by atoms with Crippen molar-refractivity contribution >= 4 is 0 Å². The van der Waals surface area contributed by atoms with E-state index in [1.807, 2.05) is 0 Å². The minimum atomic E-state index is -0.787. The molecule has 1 atom stereocenters. The molecule has 3 heteroatoms. The lowest BCUT2D eigenvalue weighted by Gasteiger charge is -2.10. The molecule has 1 unspecified atom stereocenters. The van der Waals surface area contributed by atoms with Gasteiger partial charge in [-0.15, -0.1) is 0 Å². The fourth-order valence-electron chi connectivity index (χ4n) is 1.65. The van der Waals surface area contributed by atoms with Gasteiger partial charge >= 0.3 is 0 Å². The van der Waals surface area contributed by atoms with Crippen molar-refractivity contribution in [1.29, 1.82) is 0 Å². The monoisotopic (exact) mass is 197 g/mol. The Bertz CT molecular complexity index is 334. The van der Waals surface area contributed by atoms with E-state index in [0.29, 0.717) is 17.9 Å². The highest BCUT2D eigenvalue weighted by molar-refractivity contribution is 5.20. The van der Waals surface area contributed by atoms with Crippen LogP contribution in [0.4, 0.5) is 8.78 Å². The molecular formula is C11H13F2N. The van der Waals surface area contributed by atoms with Crippen LogP contribution in [0.25, 0.3) is 0 Å². The molecule has 76 valence electrons. The zero-order valence-electron chi connectivity index (χ0n) is 7.84. The van der Waals surface area contributed by atoms with E-state index in [9.17, 15) is 8.78 Å². The summed E-state index contributed by atoms with van der Waals surface area (Å²) >= 11 is 0. The maximum atomic E-state index is 13.2. The number of nitrogens with two attached hydrogens (primary N) is 1. The second kappa shape index (κ2) is 3.65. The Morgan fingerprint density at radius 3 is 2.71 bits per heavy atom. The zero-order chi connectivity index (χ0) is 10.1. The summed E-state index contributed by atoms with van der Waals surface area (Å²) < 4.78 is 26.0. The predicted molar refractivity (Wildman–Crippen MR) is 50.8 cm³/mol. The molecule has 1 saturated carbocycles. The van der Waals surface area contributed by atoms with Gasteiger partial charge in [-0.3, -0.25) is 0 Å². The first-order chi connectivity index (χ1) is 6.68. The van der Waals surface area contributed by atoms with Gasteiger partial charge < -0.3 is 5.73 Å². The molecule has 0 spiro atoms. The largest absolute Gasteiger partial charge is 0.327 e. The van der Waals surface area contributed by atoms with Crippen LogP contribution in [0.1, 0.15) is 18.4 Å². The van der Waals surface area contributed by atoms with E-state index >= 15 is 0 Å². The first-order valence-corrected chi connectivity index (χ1v) is 4.87. The summed E-state index contributed by atoms with van der Waals surface area (Å²) in [6, 6.07) is 4.22. The lowest BCUT2D eigenvalue weighted by molar-refractivity contribution is 0.487. The van der Waals surface area contributed by atoms with Crippen LogP contribution < -0.4 is 5.73 Å². The molecule has 1 aromatic rings. The highest BCUT2D eigenvalue weighted by atomic mass is 19.2. The molecule has 0 heterocycles. The molecule has 1 nitrogen and oxygen atoms in total. The van der Waals surface area contributed by atoms with Crippen molar-refractivity contribution < 1.29 is 8.78 Å². The molecule has 0 amide bonds. The van der Waals surface area contributed by atoms with Crippen LogP contribution >= 0.6 is 0 Å². The van der Waals surface area contributed by atoms with E-state index < -0.39 is 11.6 Å². The van der Waals surface area contributed by atoms with Gasteiger partial charge in [0.05, 0.1) is 0 Å². The molecule has 1 aliphatic rings. The van der Waals surface area contributed by atoms with Crippen molar-refractivity contribution in [3.63, 3.8) is 0 Å². The summed E-state index contributed by atoms with van der Waals surface area (Å²) in [4.78, 5) is 0. The Hall–Kier alpha value is -0.960. The number of rotatable bonds is 3. The third-order valence-electron chi connectivity index (χ3n) is 2.71. The van der Waals surface area contributed by atoms with Crippen LogP contribution in [-0.2, 0) is 6.42 Å². The second-order valence-electron chi connectivity index (χ2n) is 3.92. The summed E-state index contributed by atoms with van der Waals surface area (Å²) in [5, 5.41) is 0. The van der Waals surface area contributed by atoms with Crippen LogP contribution in [0.2, 0.25) is 0 Å². The van der Waals surface area contributed by atoms with Crippen LogP contribution in [0.5, 0.6) is 0 Å². The van der Waals surface area contributed by atoms with Gasteiger partial charge in [-0.05, 0) is 36.8 Å². The predicted octanol–water partition coefficient (Wildman–Crippen LogP) is 2.24. The van der Waals surface area contributed by atoms with Crippen LogP contribution in [0.3, 0.4) is 0 Å². The van der Waals surface area contributed by atoms with Crippen molar-refractivity contribution in [3.05, 3.63) is 35.4 Å². The second-order valence-corrected chi connectivity index (χ2v) is 3.92. The Morgan fingerprint density at radius 1 is 1.36 bits per heavy atom. The fourth-order valence-corrected chi connectivity index (χ4v) is 1.65. The van der Waals surface area contributed by atoms with Gasteiger partial charge in [0.2, 0.25) is 0 Å². The summed E-state index contributed by atoms with van der Waals surface area (Å²) in [5.41, 5.74) is 6.23. The molecule has 0 aliphatic heterocycles.